The molecule has 0 aliphatic carbocycles. The molecule has 2 fully saturated rings. The number of hydrogen-bond acceptors (Lipinski definition) is 5. The van der Waals surface area contributed by atoms with E-state index in [0.29, 0.717) is 17.6 Å². The van der Waals surface area contributed by atoms with Crippen LogP contribution >= 0.6 is 0 Å². The maximum Gasteiger partial charge on any atom is 0.202 e. The number of Topliss-reactive ketones (excluding diaryl/α,β-unsaturated/α-hetero) is 1. The Morgan fingerprint density at radius 3 is 2.48 bits per heavy atom. The van der Waals surface area contributed by atoms with Gasteiger partial charge in [0.05, 0.1) is 19.5 Å². The summed E-state index contributed by atoms with van der Waals surface area (Å²) < 4.78 is 10.9. The lowest BCUT2D eigenvalue weighted by Crippen LogP contribution is -2.38. The van der Waals surface area contributed by atoms with E-state index in [2.05, 4.69) is 41.8 Å². The molecule has 2 aromatic rings. The van der Waals surface area contributed by atoms with Crippen LogP contribution in [0.2, 0.25) is 0 Å². The van der Waals surface area contributed by atoms with Gasteiger partial charge in [-0.1, -0.05) is 26.0 Å². The van der Waals surface area contributed by atoms with Crippen LogP contribution in [0.3, 0.4) is 0 Å². The topological polar surface area (TPSA) is 45.9 Å². The summed E-state index contributed by atoms with van der Waals surface area (Å²) in [4.78, 5) is 17.8. The highest BCUT2D eigenvalue weighted by Gasteiger charge is 2.27. The minimum absolute atomic E-state index is 0.0488. The first-order valence-electron chi connectivity index (χ1n) is 11.6. The fourth-order valence-corrected chi connectivity index (χ4v) is 4.51. The van der Waals surface area contributed by atoms with Crippen LogP contribution < -0.4 is 4.90 Å². The zero-order valence-electron chi connectivity index (χ0n) is 19.3. The van der Waals surface area contributed by atoms with Crippen LogP contribution in [0, 0.1) is 12.3 Å². The third-order valence-electron chi connectivity index (χ3n) is 6.78. The standard InChI is InChI=1S/C26H36N2O3/c1-20-16-25(31-19-20)24(29)18-22-5-4-21(6-9-27-12-14-30-15-13-27)17-23(22)28-10-7-26(2,3)8-11-28/h4-5,16-17,19H,6-15,18H2,1-3H3. The van der Waals surface area contributed by atoms with Gasteiger partial charge in [0, 0.05) is 44.8 Å². The number of carbonyl (C=O) groups excluding carboxylic acids is 1. The molecule has 0 unspecified atom stereocenters. The highest BCUT2D eigenvalue weighted by Crippen LogP contribution is 2.34. The summed E-state index contributed by atoms with van der Waals surface area (Å²) in [5.74, 6) is 0.507. The van der Waals surface area contributed by atoms with Crippen molar-refractivity contribution in [3.05, 3.63) is 53.0 Å². The molecule has 31 heavy (non-hydrogen) atoms. The van der Waals surface area contributed by atoms with Gasteiger partial charge in [-0.25, -0.2) is 0 Å². The van der Waals surface area contributed by atoms with Crippen molar-refractivity contribution in [2.45, 2.75) is 46.5 Å². The monoisotopic (exact) mass is 424 g/mol. The number of ketones is 1. The molecule has 168 valence electrons. The second-order valence-electron chi connectivity index (χ2n) is 9.91. The van der Waals surface area contributed by atoms with E-state index in [1.165, 1.54) is 24.1 Å². The first kappa shape index (κ1) is 22.1. The fourth-order valence-electron chi connectivity index (χ4n) is 4.51. The van der Waals surface area contributed by atoms with E-state index in [1.54, 1.807) is 6.26 Å². The molecule has 2 aliphatic rings. The molecular formula is C26H36N2O3. The molecule has 4 rings (SSSR count). The van der Waals surface area contributed by atoms with Crippen molar-refractivity contribution in [2.75, 3.05) is 50.8 Å². The van der Waals surface area contributed by atoms with E-state index >= 15 is 0 Å². The van der Waals surface area contributed by atoms with Gasteiger partial charge >= 0.3 is 0 Å². The number of anilines is 1. The Kier molecular flexibility index (Phi) is 6.83. The lowest BCUT2D eigenvalue weighted by molar-refractivity contribution is 0.0384. The molecular weight excluding hydrogens is 388 g/mol. The van der Waals surface area contributed by atoms with Gasteiger partial charge in [-0.3, -0.25) is 9.69 Å². The van der Waals surface area contributed by atoms with Crippen molar-refractivity contribution >= 4 is 11.5 Å². The zero-order chi connectivity index (χ0) is 21.8. The number of benzene rings is 1. The van der Waals surface area contributed by atoms with Crippen molar-refractivity contribution in [3.63, 3.8) is 0 Å². The number of furan rings is 1. The van der Waals surface area contributed by atoms with Gasteiger partial charge < -0.3 is 14.1 Å². The van der Waals surface area contributed by atoms with E-state index in [1.807, 2.05) is 13.0 Å². The molecule has 1 aromatic carbocycles. The summed E-state index contributed by atoms with van der Waals surface area (Å²) in [5, 5.41) is 0. The molecule has 5 heteroatoms. The molecule has 2 saturated heterocycles. The predicted octanol–water partition coefficient (Wildman–Crippen LogP) is 4.51. The van der Waals surface area contributed by atoms with E-state index in [-0.39, 0.29) is 5.78 Å². The Morgan fingerprint density at radius 2 is 1.81 bits per heavy atom. The Morgan fingerprint density at radius 1 is 1.06 bits per heavy atom. The molecule has 0 atom stereocenters. The molecule has 2 aliphatic heterocycles. The average molecular weight is 425 g/mol. The van der Waals surface area contributed by atoms with Crippen molar-refractivity contribution in [3.8, 4) is 0 Å². The average Bonchev–Trinajstić information content (AvgIpc) is 3.20. The van der Waals surface area contributed by atoms with Crippen molar-refractivity contribution in [1.82, 2.24) is 4.90 Å². The number of piperidine rings is 1. The van der Waals surface area contributed by atoms with E-state index in [9.17, 15) is 4.79 Å². The Hall–Kier alpha value is -2.11. The molecule has 0 radical (unpaired) electrons. The summed E-state index contributed by atoms with van der Waals surface area (Å²) in [6.07, 6.45) is 5.41. The quantitative estimate of drug-likeness (QED) is 0.612. The number of ether oxygens (including phenoxy) is 1. The smallest absolute Gasteiger partial charge is 0.202 e. The fraction of sp³-hybridized carbons (Fsp3) is 0.577. The van der Waals surface area contributed by atoms with E-state index in [0.717, 1.165) is 63.5 Å². The van der Waals surface area contributed by atoms with Gasteiger partial charge in [-0.15, -0.1) is 0 Å². The molecule has 0 N–H and O–H groups in total. The summed E-state index contributed by atoms with van der Waals surface area (Å²) >= 11 is 0. The van der Waals surface area contributed by atoms with Crippen LogP contribution in [0.5, 0.6) is 0 Å². The Balaban J connectivity index is 1.52. The van der Waals surface area contributed by atoms with Crippen molar-refractivity contribution in [1.29, 1.82) is 0 Å². The van der Waals surface area contributed by atoms with Crippen LogP contribution in [-0.2, 0) is 17.6 Å². The highest BCUT2D eigenvalue weighted by molar-refractivity contribution is 5.96. The summed E-state index contributed by atoms with van der Waals surface area (Å²) in [5.41, 5.74) is 5.06. The zero-order valence-corrected chi connectivity index (χ0v) is 19.3. The largest absolute Gasteiger partial charge is 0.461 e. The van der Waals surface area contributed by atoms with Crippen LogP contribution in [0.1, 0.15) is 53.9 Å². The molecule has 0 bridgehead atoms. The molecule has 0 saturated carbocycles. The normalized spacial score (nSPS) is 19.5. The summed E-state index contributed by atoms with van der Waals surface area (Å²) in [6, 6.07) is 8.53. The minimum Gasteiger partial charge on any atom is -0.461 e. The van der Waals surface area contributed by atoms with Crippen LogP contribution in [0.25, 0.3) is 0 Å². The van der Waals surface area contributed by atoms with Gasteiger partial charge in [-0.2, -0.15) is 0 Å². The molecule has 0 amide bonds. The van der Waals surface area contributed by atoms with E-state index in [4.69, 9.17) is 9.15 Å². The van der Waals surface area contributed by atoms with Crippen molar-refractivity contribution < 1.29 is 13.9 Å². The number of aryl methyl sites for hydroxylation is 1. The van der Waals surface area contributed by atoms with Gasteiger partial charge in [0.1, 0.15) is 0 Å². The van der Waals surface area contributed by atoms with E-state index < -0.39 is 0 Å². The second kappa shape index (κ2) is 9.58. The van der Waals surface area contributed by atoms with Crippen molar-refractivity contribution in [2.24, 2.45) is 5.41 Å². The first-order chi connectivity index (χ1) is 14.9. The SMILES string of the molecule is Cc1coc(C(=O)Cc2ccc(CCN3CCOCC3)cc2N2CCC(C)(C)CC2)c1. The summed E-state index contributed by atoms with van der Waals surface area (Å²) in [6.45, 7) is 13.5. The highest BCUT2D eigenvalue weighted by atomic mass is 16.5. The maximum absolute atomic E-state index is 12.9. The Labute approximate surface area is 186 Å². The van der Waals surface area contributed by atoms with Crippen LogP contribution in [0.4, 0.5) is 5.69 Å². The Bertz CT molecular complexity index is 886. The van der Waals surface area contributed by atoms with Crippen LogP contribution in [0.15, 0.2) is 34.9 Å². The molecule has 5 nitrogen and oxygen atoms in total. The van der Waals surface area contributed by atoms with Gasteiger partial charge in [0.2, 0.25) is 5.78 Å². The maximum atomic E-state index is 12.9. The second-order valence-corrected chi connectivity index (χ2v) is 9.91. The lowest BCUT2D eigenvalue weighted by Gasteiger charge is -2.39. The molecule has 3 heterocycles. The van der Waals surface area contributed by atoms with Gasteiger partial charge in [-0.05, 0) is 60.4 Å². The van der Waals surface area contributed by atoms with Gasteiger partial charge in [0.15, 0.2) is 5.76 Å². The summed E-state index contributed by atoms with van der Waals surface area (Å²) in [7, 11) is 0. The third-order valence-corrected chi connectivity index (χ3v) is 6.78. The van der Waals surface area contributed by atoms with Crippen LogP contribution in [-0.4, -0.2) is 56.6 Å². The van der Waals surface area contributed by atoms with Gasteiger partial charge in [0.25, 0.3) is 0 Å². The minimum atomic E-state index is 0.0488. The lowest BCUT2D eigenvalue weighted by atomic mass is 9.82. The number of carbonyl (C=O) groups is 1. The third kappa shape index (κ3) is 5.78. The number of morpholine rings is 1. The molecule has 1 aromatic heterocycles. The molecule has 0 spiro atoms. The predicted molar refractivity (Wildman–Crippen MR) is 124 cm³/mol. The first-order valence-corrected chi connectivity index (χ1v) is 11.6. The number of nitrogens with zero attached hydrogens (tertiary/aromatic N) is 2. The number of rotatable bonds is 7. The number of hydrogen-bond donors (Lipinski definition) is 0.